The van der Waals surface area contributed by atoms with Gasteiger partial charge in [-0.25, -0.2) is 4.79 Å². The number of furan rings is 1. The quantitative estimate of drug-likeness (QED) is 0.746. The molecule has 0 saturated heterocycles. The highest BCUT2D eigenvalue weighted by Gasteiger charge is 2.44. The van der Waals surface area contributed by atoms with Gasteiger partial charge in [0.1, 0.15) is 0 Å². The minimum Gasteiger partial charge on any atom is -0.476 e. The van der Waals surface area contributed by atoms with Crippen LogP contribution in [0.4, 0.5) is 8.78 Å². The lowest BCUT2D eigenvalue weighted by Gasteiger charge is -2.05. The predicted octanol–water partition coefficient (Wildman–Crippen LogP) is 1.76. The van der Waals surface area contributed by atoms with Gasteiger partial charge in [-0.2, -0.15) is 8.78 Å². The fraction of sp³-hybridized carbons (Fsp3) is 0.286. The number of hydrogen-bond acceptors (Lipinski definition) is 2. The summed E-state index contributed by atoms with van der Waals surface area (Å²) < 4.78 is 29.6. The Kier molecular flexibility index (Phi) is 1.87. The maximum Gasteiger partial charge on any atom is 0.399 e. The molecule has 0 spiro atoms. The van der Waals surface area contributed by atoms with Crippen LogP contribution >= 0.6 is 0 Å². The number of alkyl halides is 2. The molecule has 1 aromatic rings. The Morgan fingerprint density at radius 2 is 2.25 bits per heavy atom. The van der Waals surface area contributed by atoms with Crippen LogP contribution < -0.4 is 0 Å². The molecule has 66 valence electrons. The number of carboxylic acids is 1. The lowest BCUT2D eigenvalue weighted by atomic mass is 10.2. The molecule has 3 nitrogen and oxygen atoms in total. The Bertz CT molecular complexity index is 303. The van der Waals surface area contributed by atoms with Crippen LogP contribution in [0.2, 0.25) is 0 Å². The van der Waals surface area contributed by atoms with Crippen LogP contribution in [0.25, 0.3) is 0 Å². The molecule has 0 saturated carbocycles. The molecule has 0 aliphatic carbocycles. The van der Waals surface area contributed by atoms with Crippen molar-refractivity contribution in [2.24, 2.45) is 0 Å². The standard InChI is InChI=1S/C7H6F2O3/c1-4-2-5(12-3-4)7(8,9)6(10)11/h2-3H,1H3,(H,10,11). The number of carbonyl (C=O) groups is 1. The van der Waals surface area contributed by atoms with Crippen molar-refractivity contribution in [1.29, 1.82) is 0 Å². The molecule has 0 atom stereocenters. The van der Waals surface area contributed by atoms with E-state index in [2.05, 4.69) is 4.42 Å². The number of aryl methyl sites for hydroxylation is 1. The van der Waals surface area contributed by atoms with Crippen LogP contribution in [0.1, 0.15) is 11.3 Å². The number of aliphatic carboxylic acids is 1. The zero-order valence-corrected chi connectivity index (χ0v) is 6.17. The van der Waals surface area contributed by atoms with E-state index in [4.69, 9.17) is 5.11 Å². The Balaban J connectivity index is 3.05. The summed E-state index contributed by atoms with van der Waals surface area (Å²) in [5.41, 5.74) is 0.464. The first-order chi connectivity index (χ1) is 5.44. The van der Waals surface area contributed by atoms with Crippen molar-refractivity contribution in [1.82, 2.24) is 0 Å². The van der Waals surface area contributed by atoms with E-state index in [1.807, 2.05) is 0 Å². The van der Waals surface area contributed by atoms with Crippen molar-refractivity contribution in [3.63, 3.8) is 0 Å². The minimum atomic E-state index is -3.94. The predicted molar refractivity (Wildman–Crippen MR) is 35.0 cm³/mol. The molecule has 0 amide bonds. The molecule has 1 heterocycles. The van der Waals surface area contributed by atoms with Gasteiger partial charge in [0.15, 0.2) is 5.76 Å². The second-order valence-corrected chi connectivity index (χ2v) is 2.37. The van der Waals surface area contributed by atoms with Crippen molar-refractivity contribution in [2.75, 3.05) is 0 Å². The summed E-state index contributed by atoms with van der Waals surface area (Å²) in [6.07, 6.45) is 1.08. The van der Waals surface area contributed by atoms with Gasteiger partial charge >= 0.3 is 11.9 Å². The van der Waals surface area contributed by atoms with E-state index in [0.29, 0.717) is 5.56 Å². The van der Waals surface area contributed by atoms with E-state index in [1.54, 1.807) is 0 Å². The monoisotopic (exact) mass is 176 g/mol. The molecule has 0 aliphatic heterocycles. The summed E-state index contributed by atoms with van der Waals surface area (Å²) in [7, 11) is 0. The van der Waals surface area contributed by atoms with Gasteiger partial charge in [-0.05, 0) is 18.6 Å². The normalized spacial score (nSPS) is 11.6. The maximum absolute atomic E-state index is 12.6. The summed E-state index contributed by atoms with van der Waals surface area (Å²) in [4.78, 5) is 10.0. The third-order valence-electron chi connectivity index (χ3n) is 1.31. The van der Waals surface area contributed by atoms with Gasteiger partial charge in [0.2, 0.25) is 0 Å². The van der Waals surface area contributed by atoms with E-state index in [0.717, 1.165) is 12.3 Å². The van der Waals surface area contributed by atoms with Gasteiger partial charge in [-0.15, -0.1) is 0 Å². The van der Waals surface area contributed by atoms with Crippen molar-refractivity contribution in [3.8, 4) is 0 Å². The number of hydrogen-bond donors (Lipinski definition) is 1. The van der Waals surface area contributed by atoms with Crippen LogP contribution in [-0.2, 0) is 10.7 Å². The Labute approximate surface area is 66.6 Å². The molecular formula is C7H6F2O3. The minimum absolute atomic E-state index is 0.464. The average molecular weight is 176 g/mol. The Morgan fingerprint density at radius 3 is 2.58 bits per heavy atom. The summed E-state index contributed by atoms with van der Waals surface area (Å²) in [6.45, 7) is 1.53. The third-order valence-corrected chi connectivity index (χ3v) is 1.31. The van der Waals surface area contributed by atoms with Gasteiger partial charge < -0.3 is 9.52 Å². The van der Waals surface area contributed by atoms with Crippen molar-refractivity contribution in [3.05, 3.63) is 23.7 Å². The molecule has 0 unspecified atom stereocenters. The smallest absolute Gasteiger partial charge is 0.399 e. The number of carboxylic acid groups (broad SMARTS) is 1. The summed E-state index contributed by atoms with van der Waals surface area (Å²) in [6, 6.07) is 0.994. The van der Waals surface area contributed by atoms with Crippen LogP contribution in [0.15, 0.2) is 16.7 Å². The molecule has 0 radical (unpaired) electrons. The van der Waals surface area contributed by atoms with Crippen LogP contribution in [0, 0.1) is 6.92 Å². The second-order valence-electron chi connectivity index (χ2n) is 2.37. The number of rotatable bonds is 2. The van der Waals surface area contributed by atoms with Crippen molar-refractivity contribution < 1.29 is 23.1 Å². The fourth-order valence-corrected chi connectivity index (χ4v) is 0.701. The highest BCUT2D eigenvalue weighted by Crippen LogP contribution is 2.29. The molecule has 0 bridgehead atoms. The summed E-state index contributed by atoms with van der Waals surface area (Å²) >= 11 is 0. The zero-order chi connectivity index (χ0) is 9.35. The SMILES string of the molecule is Cc1coc(C(F)(F)C(=O)O)c1. The molecule has 0 aromatic carbocycles. The average Bonchev–Trinajstić information content (AvgIpc) is 2.35. The van der Waals surface area contributed by atoms with E-state index < -0.39 is 17.7 Å². The highest BCUT2D eigenvalue weighted by molar-refractivity contribution is 5.76. The first-order valence-corrected chi connectivity index (χ1v) is 3.11. The van der Waals surface area contributed by atoms with Crippen LogP contribution in [-0.4, -0.2) is 11.1 Å². The van der Waals surface area contributed by atoms with Crippen molar-refractivity contribution in [2.45, 2.75) is 12.8 Å². The number of halogens is 2. The third kappa shape index (κ3) is 1.30. The highest BCUT2D eigenvalue weighted by atomic mass is 19.3. The van der Waals surface area contributed by atoms with Gasteiger partial charge in [0.05, 0.1) is 6.26 Å². The van der Waals surface area contributed by atoms with Crippen molar-refractivity contribution >= 4 is 5.97 Å². The maximum atomic E-state index is 12.6. The summed E-state index contributed by atoms with van der Waals surface area (Å²) in [5.74, 6) is -6.99. The molecule has 1 rings (SSSR count). The topological polar surface area (TPSA) is 50.4 Å². The van der Waals surface area contributed by atoms with Gasteiger partial charge in [-0.3, -0.25) is 0 Å². The zero-order valence-electron chi connectivity index (χ0n) is 6.17. The van der Waals surface area contributed by atoms with Gasteiger partial charge in [0, 0.05) is 0 Å². The largest absolute Gasteiger partial charge is 0.476 e. The Morgan fingerprint density at radius 1 is 1.67 bits per heavy atom. The molecule has 1 N–H and O–H groups in total. The Hall–Kier alpha value is -1.39. The van der Waals surface area contributed by atoms with Gasteiger partial charge in [-0.1, -0.05) is 0 Å². The summed E-state index contributed by atoms with van der Waals surface area (Å²) in [5, 5.41) is 8.09. The molecule has 0 fully saturated rings. The lowest BCUT2D eigenvalue weighted by Crippen LogP contribution is -2.24. The van der Waals surface area contributed by atoms with E-state index >= 15 is 0 Å². The van der Waals surface area contributed by atoms with Gasteiger partial charge in [0.25, 0.3) is 0 Å². The molecule has 12 heavy (non-hydrogen) atoms. The fourth-order valence-electron chi connectivity index (χ4n) is 0.701. The van der Waals surface area contributed by atoms with E-state index in [-0.39, 0.29) is 0 Å². The van der Waals surface area contributed by atoms with E-state index in [9.17, 15) is 13.6 Å². The lowest BCUT2D eigenvalue weighted by molar-refractivity contribution is -0.169. The molecule has 1 aromatic heterocycles. The van der Waals surface area contributed by atoms with E-state index in [1.165, 1.54) is 6.92 Å². The first-order valence-electron chi connectivity index (χ1n) is 3.11. The second kappa shape index (κ2) is 2.58. The van der Waals surface area contributed by atoms with Crippen LogP contribution in [0.3, 0.4) is 0 Å². The molecule has 0 aliphatic rings. The molecular weight excluding hydrogens is 170 g/mol. The van der Waals surface area contributed by atoms with Crippen LogP contribution in [0.5, 0.6) is 0 Å². The first kappa shape index (κ1) is 8.70. The molecule has 5 heteroatoms.